The monoisotopic (exact) mass is 250 g/mol. The van der Waals surface area contributed by atoms with Crippen molar-refractivity contribution in [2.75, 3.05) is 12.5 Å². The highest BCUT2D eigenvalue weighted by Crippen LogP contribution is 2.19. The molecule has 0 fully saturated rings. The minimum Gasteiger partial charge on any atom is -0.494 e. The van der Waals surface area contributed by atoms with Crippen LogP contribution in [0.25, 0.3) is 0 Å². The van der Waals surface area contributed by atoms with Gasteiger partial charge < -0.3 is 4.74 Å². The van der Waals surface area contributed by atoms with Gasteiger partial charge in [0.15, 0.2) is 0 Å². The van der Waals surface area contributed by atoms with Crippen molar-refractivity contribution in [1.29, 1.82) is 0 Å². The quantitative estimate of drug-likeness (QED) is 0.580. The first-order valence-electron chi connectivity index (χ1n) is 5.79. The molecule has 17 heavy (non-hydrogen) atoms. The Bertz CT molecular complexity index is 390. The lowest BCUT2D eigenvalue weighted by Crippen LogP contribution is -2.11. The van der Waals surface area contributed by atoms with Gasteiger partial charge in [0, 0.05) is 5.56 Å². The SMILES string of the molecule is CC(C)(C)CCOc1ccc(C#CCCl)cc1. The van der Waals surface area contributed by atoms with Crippen molar-refractivity contribution in [1.82, 2.24) is 0 Å². The lowest BCUT2D eigenvalue weighted by atomic mass is 9.93. The standard InChI is InChI=1S/C15H19ClO/c1-15(2,3)10-12-17-14-8-6-13(7-9-14)5-4-11-16/h6-9H,10-12H2,1-3H3. The fourth-order valence-electron chi connectivity index (χ4n) is 1.25. The van der Waals surface area contributed by atoms with Gasteiger partial charge in [0.2, 0.25) is 0 Å². The van der Waals surface area contributed by atoms with Gasteiger partial charge in [0.25, 0.3) is 0 Å². The van der Waals surface area contributed by atoms with E-state index in [0.29, 0.717) is 11.3 Å². The maximum absolute atomic E-state index is 5.67. The second kappa shape index (κ2) is 6.57. The largest absolute Gasteiger partial charge is 0.494 e. The van der Waals surface area contributed by atoms with Crippen LogP contribution in [0.5, 0.6) is 5.75 Å². The predicted octanol–water partition coefficient (Wildman–Crippen LogP) is 4.09. The second-order valence-electron chi connectivity index (χ2n) is 5.12. The first-order valence-corrected chi connectivity index (χ1v) is 6.32. The van der Waals surface area contributed by atoms with Gasteiger partial charge in [0.05, 0.1) is 12.5 Å². The van der Waals surface area contributed by atoms with Crippen LogP contribution in [-0.2, 0) is 0 Å². The molecule has 1 aromatic carbocycles. The van der Waals surface area contributed by atoms with Gasteiger partial charge >= 0.3 is 0 Å². The zero-order valence-electron chi connectivity index (χ0n) is 10.7. The fraction of sp³-hybridized carbons (Fsp3) is 0.467. The molecule has 1 rings (SSSR count). The second-order valence-corrected chi connectivity index (χ2v) is 5.39. The van der Waals surface area contributed by atoms with E-state index in [1.807, 2.05) is 24.3 Å². The van der Waals surface area contributed by atoms with Gasteiger partial charge in [-0.2, -0.15) is 0 Å². The van der Waals surface area contributed by atoms with Crippen LogP contribution in [0.3, 0.4) is 0 Å². The molecule has 0 spiro atoms. The van der Waals surface area contributed by atoms with Crippen LogP contribution in [0.2, 0.25) is 0 Å². The van der Waals surface area contributed by atoms with E-state index in [1.54, 1.807) is 0 Å². The third-order valence-corrected chi connectivity index (χ3v) is 2.41. The average Bonchev–Trinajstić information content (AvgIpc) is 2.26. The summed E-state index contributed by atoms with van der Waals surface area (Å²) >= 11 is 5.50. The van der Waals surface area contributed by atoms with E-state index in [0.717, 1.165) is 24.3 Å². The number of halogens is 1. The molecule has 0 aliphatic carbocycles. The lowest BCUT2D eigenvalue weighted by Gasteiger charge is -2.18. The summed E-state index contributed by atoms with van der Waals surface area (Å²) in [5.41, 5.74) is 1.28. The molecular formula is C15H19ClO. The Balaban J connectivity index is 2.46. The van der Waals surface area contributed by atoms with Gasteiger partial charge in [-0.1, -0.05) is 32.6 Å². The molecule has 0 amide bonds. The molecule has 0 saturated heterocycles. The molecule has 0 aromatic heterocycles. The number of ether oxygens (including phenoxy) is 1. The Hall–Kier alpha value is -1.13. The first-order chi connectivity index (χ1) is 8.01. The first kappa shape index (κ1) is 13.9. The molecule has 0 unspecified atom stereocenters. The van der Waals surface area contributed by atoms with Crippen LogP contribution >= 0.6 is 11.6 Å². The summed E-state index contributed by atoms with van der Waals surface area (Å²) in [6.07, 6.45) is 1.04. The van der Waals surface area contributed by atoms with Crippen LogP contribution in [0.1, 0.15) is 32.8 Å². The van der Waals surface area contributed by atoms with Crippen molar-refractivity contribution in [2.24, 2.45) is 5.41 Å². The van der Waals surface area contributed by atoms with E-state index in [4.69, 9.17) is 16.3 Å². The van der Waals surface area contributed by atoms with E-state index >= 15 is 0 Å². The molecule has 0 saturated carbocycles. The summed E-state index contributed by atoms with van der Waals surface area (Å²) in [5.74, 6) is 7.05. The van der Waals surface area contributed by atoms with E-state index in [9.17, 15) is 0 Å². The van der Waals surface area contributed by atoms with E-state index in [2.05, 4.69) is 32.6 Å². The Labute approximate surface area is 109 Å². The van der Waals surface area contributed by atoms with Crippen LogP contribution in [0.4, 0.5) is 0 Å². The molecule has 2 heteroatoms. The van der Waals surface area contributed by atoms with Crippen LogP contribution < -0.4 is 4.74 Å². The Morgan fingerprint density at radius 2 is 1.82 bits per heavy atom. The van der Waals surface area contributed by atoms with Crippen molar-refractivity contribution in [2.45, 2.75) is 27.2 Å². The molecule has 0 bridgehead atoms. The van der Waals surface area contributed by atoms with Gasteiger partial charge in [-0.25, -0.2) is 0 Å². The zero-order chi connectivity index (χ0) is 12.7. The third kappa shape index (κ3) is 6.24. The minimum atomic E-state index is 0.311. The van der Waals surface area contributed by atoms with Crippen molar-refractivity contribution in [3.8, 4) is 17.6 Å². The molecule has 0 heterocycles. The van der Waals surface area contributed by atoms with Crippen LogP contribution in [0, 0.1) is 17.3 Å². The molecule has 1 nitrogen and oxygen atoms in total. The van der Waals surface area contributed by atoms with Crippen molar-refractivity contribution < 1.29 is 4.74 Å². The van der Waals surface area contributed by atoms with Crippen LogP contribution in [-0.4, -0.2) is 12.5 Å². The molecule has 0 aliphatic rings. The molecule has 1 aromatic rings. The maximum Gasteiger partial charge on any atom is 0.119 e. The Morgan fingerprint density at radius 3 is 2.35 bits per heavy atom. The predicted molar refractivity (Wildman–Crippen MR) is 73.6 cm³/mol. The molecule has 0 atom stereocenters. The minimum absolute atomic E-state index is 0.311. The highest BCUT2D eigenvalue weighted by atomic mass is 35.5. The third-order valence-electron chi connectivity index (χ3n) is 2.27. The maximum atomic E-state index is 5.67. The summed E-state index contributed by atoms with van der Waals surface area (Å²) in [4.78, 5) is 0. The fourth-order valence-corrected chi connectivity index (χ4v) is 1.31. The normalized spacial score (nSPS) is 10.6. The lowest BCUT2D eigenvalue weighted by molar-refractivity contribution is 0.243. The van der Waals surface area contributed by atoms with Gasteiger partial charge in [-0.05, 0) is 36.1 Å². The Kier molecular flexibility index (Phi) is 5.38. The number of rotatable bonds is 3. The molecule has 0 N–H and O–H groups in total. The average molecular weight is 251 g/mol. The Morgan fingerprint density at radius 1 is 1.18 bits per heavy atom. The number of hydrogen-bond acceptors (Lipinski definition) is 1. The highest BCUT2D eigenvalue weighted by molar-refractivity contribution is 6.19. The molecule has 92 valence electrons. The van der Waals surface area contributed by atoms with E-state index < -0.39 is 0 Å². The van der Waals surface area contributed by atoms with Crippen molar-refractivity contribution in [3.63, 3.8) is 0 Å². The number of alkyl halides is 1. The summed E-state index contributed by atoms with van der Waals surface area (Å²) in [6.45, 7) is 7.37. The smallest absolute Gasteiger partial charge is 0.119 e. The summed E-state index contributed by atoms with van der Waals surface area (Å²) in [7, 11) is 0. The summed E-state index contributed by atoms with van der Waals surface area (Å²) < 4.78 is 5.67. The van der Waals surface area contributed by atoms with E-state index in [-0.39, 0.29) is 0 Å². The van der Waals surface area contributed by atoms with Gasteiger partial charge in [-0.15, -0.1) is 11.6 Å². The van der Waals surface area contributed by atoms with Crippen LogP contribution in [0.15, 0.2) is 24.3 Å². The zero-order valence-corrected chi connectivity index (χ0v) is 11.5. The van der Waals surface area contributed by atoms with Gasteiger partial charge in [-0.3, -0.25) is 0 Å². The number of hydrogen-bond donors (Lipinski definition) is 0. The summed E-state index contributed by atoms with van der Waals surface area (Å²) in [5, 5.41) is 0. The number of benzene rings is 1. The highest BCUT2D eigenvalue weighted by Gasteiger charge is 2.09. The topological polar surface area (TPSA) is 9.23 Å². The molecule has 0 radical (unpaired) electrons. The summed E-state index contributed by atoms with van der Waals surface area (Å²) in [6, 6.07) is 7.79. The van der Waals surface area contributed by atoms with Crippen molar-refractivity contribution in [3.05, 3.63) is 29.8 Å². The molecule has 0 aliphatic heterocycles. The van der Waals surface area contributed by atoms with E-state index in [1.165, 1.54) is 0 Å². The van der Waals surface area contributed by atoms with Crippen molar-refractivity contribution >= 4 is 11.6 Å². The molecular weight excluding hydrogens is 232 g/mol. The van der Waals surface area contributed by atoms with Gasteiger partial charge in [0.1, 0.15) is 5.75 Å².